The van der Waals surface area contributed by atoms with Gasteiger partial charge in [0, 0.05) is 62.5 Å². The van der Waals surface area contributed by atoms with Gasteiger partial charge in [-0.25, -0.2) is 19.2 Å². The molecule has 0 aliphatic rings. The van der Waals surface area contributed by atoms with Crippen LogP contribution in [0.1, 0.15) is 117 Å². The van der Waals surface area contributed by atoms with Gasteiger partial charge in [0.15, 0.2) is 46.0 Å². The van der Waals surface area contributed by atoms with Crippen LogP contribution in [0.25, 0.3) is 0 Å². The van der Waals surface area contributed by atoms with E-state index in [4.69, 9.17) is 47.4 Å². The third-order valence-electron chi connectivity index (χ3n) is 15.0. The zero-order chi connectivity index (χ0) is 79.5. The van der Waals surface area contributed by atoms with Crippen LogP contribution in [0.2, 0.25) is 0 Å². The molecule has 8 rings (SSSR count). The summed E-state index contributed by atoms with van der Waals surface area (Å²) in [5.74, 6) is -1.85. The molecule has 3 N–H and O–H groups in total. The topological polar surface area (TPSA) is 334 Å². The van der Waals surface area contributed by atoms with Gasteiger partial charge in [0.05, 0.1) is 63.7 Å². The lowest BCUT2D eigenvalue weighted by Gasteiger charge is -2.20. The smallest absolute Gasteiger partial charge is 0.348 e. The third-order valence-corrected chi connectivity index (χ3v) is 15.0. The van der Waals surface area contributed by atoms with E-state index in [1.54, 1.807) is 148 Å². The molecule has 26 heteroatoms. The van der Waals surface area contributed by atoms with Gasteiger partial charge in [-0.2, -0.15) is 0 Å². The van der Waals surface area contributed by atoms with Crippen molar-refractivity contribution in [3.8, 4) is 46.0 Å². The van der Waals surface area contributed by atoms with E-state index in [9.17, 15) is 43.2 Å². The van der Waals surface area contributed by atoms with Crippen molar-refractivity contribution in [2.45, 2.75) is 97.2 Å². The zero-order valence-corrected chi connectivity index (χ0v) is 62.2. The minimum absolute atomic E-state index is 0.0629. The molecule has 0 aliphatic carbocycles. The van der Waals surface area contributed by atoms with Crippen LogP contribution < -0.4 is 53.8 Å². The number of pyridine rings is 4. The summed E-state index contributed by atoms with van der Waals surface area (Å²) in [6.45, 7) is 22.3. The molecular formula is C83H91N7O19. The minimum atomic E-state index is -1.46. The van der Waals surface area contributed by atoms with Crippen LogP contribution in [0, 0.1) is 5.92 Å². The summed E-state index contributed by atoms with van der Waals surface area (Å²) < 4.78 is 52.7. The van der Waals surface area contributed by atoms with Crippen LogP contribution in [0.5, 0.6) is 46.0 Å². The molecule has 4 aromatic carbocycles. The van der Waals surface area contributed by atoms with Crippen LogP contribution >= 0.6 is 0 Å². The van der Waals surface area contributed by atoms with Crippen LogP contribution in [0.3, 0.4) is 0 Å². The summed E-state index contributed by atoms with van der Waals surface area (Å²) in [4.78, 5) is 126. The van der Waals surface area contributed by atoms with E-state index in [1.807, 2.05) is 38.1 Å². The van der Waals surface area contributed by atoms with E-state index in [0.29, 0.717) is 102 Å². The summed E-state index contributed by atoms with van der Waals surface area (Å²) in [7, 11) is 5.98. The number of amides is 3. The average molecular weight is 1490 g/mol. The lowest BCUT2D eigenvalue weighted by molar-refractivity contribution is -0.157. The number of carbonyl (C=O) groups is 9. The first-order valence-corrected chi connectivity index (χ1v) is 34.4. The molecule has 0 aliphatic heterocycles. The Labute approximate surface area is 633 Å². The Balaban J connectivity index is 0.000000261. The Hall–Kier alpha value is -13.1. The molecule has 8 aromatic rings. The van der Waals surface area contributed by atoms with E-state index in [1.165, 1.54) is 65.5 Å². The monoisotopic (exact) mass is 1490 g/mol. The molecule has 0 bridgehead atoms. The van der Waals surface area contributed by atoms with Crippen molar-refractivity contribution in [3.63, 3.8) is 0 Å². The quantitative estimate of drug-likeness (QED) is 0.0144. The highest BCUT2D eigenvalue weighted by Crippen LogP contribution is 2.33. The van der Waals surface area contributed by atoms with Gasteiger partial charge in [0.2, 0.25) is 6.10 Å². The Morgan fingerprint density at radius 3 is 1.19 bits per heavy atom. The molecule has 4 heterocycles. The number of carbonyl (C=O) groups excluding carboxylic acids is 9. The first kappa shape index (κ1) is 86.5. The maximum Gasteiger partial charge on any atom is 0.348 e. The molecule has 0 saturated carbocycles. The molecule has 3 amide bonds. The second-order valence-electron chi connectivity index (χ2n) is 23.7. The van der Waals surface area contributed by atoms with Crippen molar-refractivity contribution in [1.29, 1.82) is 0 Å². The highest BCUT2D eigenvalue weighted by Gasteiger charge is 2.31. The number of aromatic nitrogens is 4. The first-order chi connectivity index (χ1) is 52.6. The van der Waals surface area contributed by atoms with Gasteiger partial charge in [0.25, 0.3) is 17.7 Å². The lowest BCUT2D eigenvalue weighted by atomic mass is 10.0. The Morgan fingerprint density at radius 2 is 0.817 bits per heavy atom. The standard InChI is InChI=1S/C22H26N2O4.C22H23NO7.C20H22N2O4.C19H20N2O4/c1-5-7-16-9-10-19(20(13-16)27-4)28-22(26)18(12-15(2)3)24-21(25)17-8-6-11-23-14-17;1-4-7-15-9-10-17(18(12-15)27-3)29-20(24)13-19(22(26)28-5-2)30-21(25)16-8-6-11-23-14-16;1-3-6-15-9-10-17(18(13-15)25-2)26-19(23)8-5-12-22-20(24)16-7-4-11-21-14-16;1-4-6-14-8-9-16(17(11-14)24-3)25-19(23)13(2)21-18(22)15-7-5-10-20-12-15/h5-6,8-11,13-15,18H,1,7,12H2,2-4H3,(H,24,25);4,6,8-12,14,19H,1,5,7,13H2,2-3H3;3-4,7,9-11,13-14H,1,5-6,8,12H2,2H3,(H,22,24);4-5,7-13H,1,6H2,2-3H3,(H,21,22). The van der Waals surface area contributed by atoms with Crippen molar-refractivity contribution in [1.82, 2.24) is 35.9 Å². The molecule has 3 unspecified atom stereocenters. The van der Waals surface area contributed by atoms with Crippen molar-refractivity contribution in [2.75, 3.05) is 41.6 Å². The van der Waals surface area contributed by atoms with Gasteiger partial charge < -0.3 is 63.3 Å². The normalized spacial score (nSPS) is 11.0. The predicted molar refractivity (Wildman–Crippen MR) is 407 cm³/mol. The molecule has 572 valence electrons. The van der Waals surface area contributed by atoms with E-state index in [2.05, 4.69) is 62.2 Å². The zero-order valence-electron chi connectivity index (χ0n) is 62.2. The molecule has 109 heavy (non-hydrogen) atoms. The lowest BCUT2D eigenvalue weighted by Crippen LogP contribution is -2.43. The number of benzene rings is 4. The number of hydrogen-bond acceptors (Lipinski definition) is 23. The maximum atomic E-state index is 12.8. The molecule has 4 aromatic heterocycles. The Kier molecular flexibility index (Phi) is 37.6. The van der Waals surface area contributed by atoms with Gasteiger partial charge >= 0.3 is 35.8 Å². The van der Waals surface area contributed by atoms with Crippen LogP contribution in [0.15, 0.2) is 222 Å². The van der Waals surface area contributed by atoms with Gasteiger partial charge in [-0.05, 0) is 178 Å². The second kappa shape index (κ2) is 47.4. The molecule has 0 fully saturated rings. The fourth-order valence-corrected chi connectivity index (χ4v) is 9.61. The van der Waals surface area contributed by atoms with Crippen molar-refractivity contribution < 1.29 is 90.5 Å². The highest BCUT2D eigenvalue weighted by atomic mass is 16.6. The van der Waals surface area contributed by atoms with Crippen molar-refractivity contribution in [2.24, 2.45) is 5.92 Å². The number of nitrogens with zero attached hydrogens (tertiary/aromatic N) is 4. The van der Waals surface area contributed by atoms with Gasteiger partial charge in [-0.3, -0.25) is 43.9 Å². The third kappa shape index (κ3) is 30.1. The van der Waals surface area contributed by atoms with Gasteiger partial charge in [-0.15, -0.1) is 26.3 Å². The van der Waals surface area contributed by atoms with E-state index < -0.39 is 60.4 Å². The second-order valence-corrected chi connectivity index (χ2v) is 23.7. The van der Waals surface area contributed by atoms with Crippen molar-refractivity contribution in [3.05, 3.63) is 266 Å². The fourth-order valence-electron chi connectivity index (χ4n) is 9.61. The first-order valence-electron chi connectivity index (χ1n) is 34.4. The molecule has 0 spiro atoms. The molecule has 26 nitrogen and oxygen atoms in total. The summed E-state index contributed by atoms with van der Waals surface area (Å²) >= 11 is 0. The summed E-state index contributed by atoms with van der Waals surface area (Å²) in [5, 5.41) is 8.07. The SMILES string of the molecule is C=CCc1ccc(OC(=O)C(C)NC(=O)c2cccnc2)c(OC)c1.C=CCc1ccc(OC(=O)C(CC(C)C)NC(=O)c2cccnc2)c(OC)c1.C=CCc1ccc(OC(=O)CC(OC(=O)c2cccnc2)C(=O)OCC)c(OC)c1.C=CCc1ccc(OC(=O)CCCNC(=O)c2cccnc2)c(OC)c1. The minimum Gasteiger partial charge on any atom is -0.493 e. The molecular weight excluding hydrogens is 1400 g/mol. The van der Waals surface area contributed by atoms with E-state index in [0.717, 1.165) is 22.3 Å². The molecule has 0 radical (unpaired) electrons. The van der Waals surface area contributed by atoms with Crippen LogP contribution in [-0.2, 0) is 59.1 Å². The summed E-state index contributed by atoms with van der Waals surface area (Å²) in [6.07, 6.45) is 20.8. The predicted octanol–water partition coefficient (Wildman–Crippen LogP) is 11.9. The number of nitrogens with one attached hydrogen (secondary N) is 3. The van der Waals surface area contributed by atoms with Crippen LogP contribution in [-0.4, -0.2) is 133 Å². The number of hydrogen-bond donors (Lipinski definition) is 3. The average Bonchev–Trinajstić information content (AvgIpc) is 0.858. The largest absolute Gasteiger partial charge is 0.493 e. The van der Waals surface area contributed by atoms with Crippen LogP contribution in [0.4, 0.5) is 0 Å². The highest BCUT2D eigenvalue weighted by molar-refractivity contribution is 5.98. The molecule has 3 atom stereocenters. The van der Waals surface area contributed by atoms with Gasteiger partial charge in [-0.1, -0.05) is 62.4 Å². The van der Waals surface area contributed by atoms with Gasteiger partial charge in [0.1, 0.15) is 12.1 Å². The number of esters is 6. The number of methoxy groups -OCH3 is 4. The maximum absolute atomic E-state index is 12.8. The number of allylic oxidation sites excluding steroid dienone is 4. The summed E-state index contributed by atoms with van der Waals surface area (Å²) in [6, 6.07) is 32.4. The molecule has 0 saturated heterocycles. The Morgan fingerprint density at radius 1 is 0.440 bits per heavy atom. The fraction of sp³-hybridized carbons (Fsp3) is 0.265. The van der Waals surface area contributed by atoms with E-state index >= 15 is 0 Å². The van der Waals surface area contributed by atoms with Crippen molar-refractivity contribution >= 4 is 53.5 Å². The van der Waals surface area contributed by atoms with E-state index in [-0.39, 0.29) is 48.0 Å². The number of rotatable bonds is 35. The number of ether oxygens (including phenoxy) is 10. The summed E-state index contributed by atoms with van der Waals surface area (Å²) in [5.41, 5.74) is 5.31. The Bertz CT molecular complexity index is 4330.